The minimum absolute atomic E-state index is 0.152. The fourth-order valence-electron chi connectivity index (χ4n) is 1.49. The molecule has 0 atom stereocenters. The van der Waals surface area contributed by atoms with E-state index in [1.54, 1.807) is 0 Å². The van der Waals surface area contributed by atoms with Crippen LogP contribution in [-0.4, -0.2) is 35.5 Å². The number of nitrogens with zero attached hydrogens (tertiary/aromatic N) is 1. The van der Waals surface area contributed by atoms with Gasteiger partial charge in [0.15, 0.2) is 0 Å². The van der Waals surface area contributed by atoms with Crippen molar-refractivity contribution in [2.75, 3.05) is 13.6 Å². The topological polar surface area (TPSA) is 57.6 Å². The first kappa shape index (κ1) is 15.0. The van der Waals surface area contributed by atoms with Gasteiger partial charge in [0.25, 0.3) is 5.91 Å². The maximum Gasteiger partial charge on any atom is 0.417 e. The third-order valence-electron chi connectivity index (χ3n) is 2.47. The third kappa shape index (κ3) is 3.97. The van der Waals surface area contributed by atoms with Gasteiger partial charge in [0, 0.05) is 13.6 Å². The number of rotatable bonds is 4. The van der Waals surface area contributed by atoms with E-state index in [2.05, 4.69) is 0 Å². The molecule has 7 heteroatoms. The summed E-state index contributed by atoms with van der Waals surface area (Å²) in [5, 5.41) is 8.48. The second kappa shape index (κ2) is 5.73. The summed E-state index contributed by atoms with van der Waals surface area (Å²) in [6.07, 6.45) is -4.95. The van der Waals surface area contributed by atoms with Crippen LogP contribution in [0.15, 0.2) is 24.3 Å². The molecule has 0 bridgehead atoms. The SMILES string of the molecule is CN(CCC(=O)O)C(=O)c1ccccc1C(F)(F)F. The highest BCUT2D eigenvalue weighted by Crippen LogP contribution is 2.32. The summed E-state index contributed by atoms with van der Waals surface area (Å²) in [5.41, 5.74) is -1.51. The van der Waals surface area contributed by atoms with Crippen LogP contribution in [0.3, 0.4) is 0 Å². The van der Waals surface area contributed by atoms with Gasteiger partial charge >= 0.3 is 12.1 Å². The standard InChI is InChI=1S/C12H12F3NO3/c1-16(7-6-10(17)18)11(19)8-4-2-3-5-9(8)12(13,14)15/h2-5H,6-7H2,1H3,(H,17,18). The van der Waals surface area contributed by atoms with Crippen LogP contribution >= 0.6 is 0 Å². The fourth-order valence-corrected chi connectivity index (χ4v) is 1.49. The van der Waals surface area contributed by atoms with Crippen LogP contribution in [0.2, 0.25) is 0 Å². The predicted octanol–water partition coefficient (Wildman–Crippen LogP) is 2.25. The van der Waals surface area contributed by atoms with Crippen molar-refractivity contribution in [3.8, 4) is 0 Å². The van der Waals surface area contributed by atoms with Crippen LogP contribution in [-0.2, 0) is 11.0 Å². The van der Waals surface area contributed by atoms with Crippen molar-refractivity contribution < 1.29 is 27.9 Å². The molecule has 0 unspecified atom stereocenters. The van der Waals surface area contributed by atoms with Crippen LogP contribution < -0.4 is 0 Å². The number of alkyl halides is 3. The molecule has 1 aromatic carbocycles. The lowest BCUT2D eigenvalue weighted by Gasteiger charge is -2.19. The van der Waals surface area contributed by atoms with E-state index >= 15 is 0 Å². The van der Waals surface area contributed by atoms with Crippen molar-refractivity contribution >= 4 is 11.9 Å². The Kier molecular flexibility index (Phi) is 4.52. The van der Waals surface area contributed by atoms with Crippen LogP contribution in [0.5, 0.6) is 0 Å². The van der Waals surface area contributed by atoms with Crippen molar-refractivity contribution in [1.82, 2.24) is 4.90 Å². The molecular formula is C12H12F3NO3. The Morgan fingerprint density at radius 3 is 2.37 bits per heavy atom. The normalized spacial score (nSPS) is 11.2. The van der Waals surface area contributed by atoms with Crippen LogP contribution in [0.4, 0.5) is 13.2 Å². The number of halogens is 3. The van der Waals surface area contributed by atoms with Crippen molar-refractivity contribution in [3.63, 3.8) is 0 Å². The summed E-state index contributed by atoms with van der Waals surface area (Å²) < 4.78 is 38.2. The monoisotopic (exact) mass is 275 g/mol. The number of hydrogen-bond donors (Lipinski definition) is 1. The van der Waals surface area contributed by atoms with Gasteiger partial charge in [0.05, 0.1) is 17.5 Å². The average Bonchev–Trinajstić information content (AvgIpc) is 2.34. The van der Waals surface area contributed by atoms with E-state index in [0.717, 1.165) is 17.0 Å². The zero-order valence-corrected chi connectivity index (χ0v) is 10.1. The Hall–Kier alpha value is -2.05. The van der Waals surface area contributed by atoms with Crippen molar-refractivity contribution in [3.05, 3.63) is 35.4 Å². The fraction of sp³-hybridized carbons (Fsp3) is 0.333. The molecule has 0 aliphatic rings. The summed E-state index contributed by atoms with van der Waals surface area (Å²) in [5.74, 6) is -1.97. The van der Waals surface area contributed by atoms with Gasteiger partial charge in [0.2, 0.25) is 0 Å². The van der Waals surface area contributed by atoms with E-state index in [4.69, 9.17) is 5.11 Å². The molecule has 0 fully saturated rings. The highest BCUT2D eigenvalue weighted by atomic mass is 19.4. The first-order valence-corrected chi connectivity index (χ1v) is 5.37. The largest absolute Gasteiger partial charge is 0.481 e. The molecule has 1 amide bonds. The lowest BCUT2D eigenvalue weighted by atomic mass is 10.1. The molecular weight excluding hydrogens is 263 g/mol. The third-order valence-corrected chi connectivity index (χ3v) is 2.47. The van der Waals surface area contributed by atoms with Crippen molar-refractivity contribution in [1.29, 1.82) is 0 Å². The molecule has 0 radical (unpaired) electrons. The maximum absolute atomic E-state index is 12.7. The van der Waals surface area contributed by atoms with Crippen molar-refractivity contribution in [2.45, 2.75) is 12.6 Å². The lowest BCUT2D eigenvalue weighted by molar-refractivity contribution is -0.138. The predicted molar refractivity (Wildman–Crippen MR) is 60.7 cm³/mol. The molecule has 1 N–H and O–H groups in total. The lowest BCUT2D eigenvalue weighted by Crippen LogP contribution is -2.30. The second-order valence-electron chi connectivity index (χ2n) is 3.91. The Bertz CT molecular complexity index is 485. The summed E-state index contributed by atoms with van der Waals surface area (Å²) in [6.45, 7) is -0.152. The number of amides is 1. The van der Waals surface area contributed by atoms with Gasteiger partial charge in [-0.3, -0.25) is 9.59 Å². The van der Waals surface area contributed by atoms with Gasteiger partial charge in [-0.05, 0) is 12.1 Å². The Morgan fingerprint density at radius 1 is 1.26 bits per heavy atom. The molecule has 1 aromatic rings. The molecule has 0 saturated heterocycles. The van der Waals surface area contributed by atoms with Gasteiger partial charge in [-0.25, -0.2) is 0 Å². The molecule has 1 rings (SSSR count). The maximum atomic E-state index is 12.7. The molecule has 0 heterocycles. The van der Waals surface area contributed by atoms with E-state index in [9.17, 15) is 22.8 Å². The first-order valence-electron chi connectivity index (χ1n) is 5.37. The van der Waals surface area contributed by atoms with Crippen LogP contribution in [0.1, 0.15) is 22.3 Å². The molecule has 19 heavy (non-hydrogen) atoms. The number of carbonyl (C=O) groups excluding carboxylic acids is 1. The van der Waals surface area contributed by atoms with E-state index in [-0.39, 0.29) is 13.0 Å². The van der Waals surface area contributed by atoms with E-state index in [1.165, 1.54) is 19.2 Å². The molecule has 0 aromatic heterocycles. The smallest absolute Gasteiger partial charge is 0.417 e. The van der Waals surface area contributed by atoms with E-state index in [0.29, 0.717) is 0 Å². The van der Waals surface area contributed by atoms with Crippen molar-refractivity contribution in [2.24, 2.45) is 0 Å². The van der Waals surface area contributed by atoms with Gasteiger partial charge in [0.1, 0.15) is 0 Å². The van der Waals surface area contributed by atoms with E-state index < -0.39 is 29.2 Å². The number of carboxylic acids is 1. The molecule has 0 aliphatic carbocycles. The van der Waals surface area contributed by atoms with Crippen LogP contribution in [0.25, 0.3) is 0 Å². The van der Waals surface area contributed by atoms with Gasteiger partial charge in [-0.15, -0.1) is 0 Å². The molecule has 104 valence electrons. The number of carbonyl (C=O) groups is 2. The molecule has 4 nitrogen and oxygen atoms in total. The minimum atomic E-state index is -4.63. The second-order valence-corrected chi connectivity index (χ2v) is 3.91. The summed E-state index contributed by atoms with van der Waals surface area (Å²) in [6, 6.07) is 4.41. The zero-order chi connectivity index (χ0) is 14.6. The number of benzene rings is 1. The molecule has 0 aliphatic heterocycles. The average molecular weight is 275 g/mol. The molecule has 0 saturated carbocycles. The summed E-state index contributed by atoms with van der Waals surface area (Å²) in [4.78, 5) is 23.2. The molecule has 0 spiro atoms. The minimum Gasteiger partial charge on any atom is -0.481 e. The zero-order valence-electron chi connectivity index (χ0n) is 10.1. The first-order chi connectivity index (χ1) is 8.73. The highest BCUT2D eigenvalue weighted by Gasteiger charge is 2.35. The summed E-state index contributed by atoms with van der Waals surface area (Å²) >= 11 is 0. The number of aliphatic carboxylic acids is 1. The number of carboxylic acid groups (broad SMARTS) is 1. The Balaban J connectivity index is 2.97. The quantitative estimate of drug-likeness (QED) is 0.916. The number of hydrogen-bond acceptors (Lipinski definition) is 2. The summed E-state index contributed by atoms with van der Waals surface area (Å²) in [7, 11) is 1.26. The highest BCUT2D eigenvalue weighted by molar-refractivity contribution is 5.95. The Morgan fingerprint density at radius 2 is 1.84 bits per heavy atom. The van der Waals surface area contributed by atoms with E-state index in [1.807, 2.05) is 0 Å². The Labute approximate surface area is 107 Å². The van der Waals surface area contributed by atoms with Gasteiger partial charge in [-0.1, -0.05) is 12.1 Å². The van der Waals surface area contributed by atoms with Crippen LogP contribution in [0, 0.1) is 0 Å². The van der Waals surface area contributed by atoms with Gasteiger partial charge in [-0.2, -0.15) is 13.2 Å². The van der Waals surface area contributed by atoms with Gasteiger partial charge < -0.3 is 10.0 Å².